The topological polar surface area (TPSA) is 54.9 Å². The van der Waals surface area contributed by atoms with Crippen LogP contribution in [0.2, 0.25) is 0 Å². The fourth-order valence-corrected chi connectivity index (χ4v) is 3.75. The van der Waals surface area contributed by atoms with Crippen LogP contribution >= 0.6 is 12.2 Å². The quantitative estimate of drug-likeness (QED) is 0.392. The fraction of sp³-hybridized carbons (Fsp3) is 0.391. The number of para-hydroxylation sites is 1. The zero-order chi connectivity index (χ0) is 20.5. The Hall–Kier alpha value is -2.60. The molecule has 0 radical (unpaired) electrons. The van der Waals surface area contributed by atoms with E-state index in [0.717, 1.165) is 11.1 Å². The molecule has 0 atom stereocenters. The van der Waals surface area contributed by atoms with Crippen molar-refractivity contribution in [3.05, 3.63) is 59.2 Å². The number of nitrogens with one attached hydrogen (secondary N) is 2. The lowest BCUT2D eigenvalue weighted by molar-refractivity contribution is 0.284. The van der Waals surface area contributed by atoms with E-state index < -0.39 is 0 Å². The molecule has 29 heavy (non-hydrogen) atoms. The van der Waals surface area contributed by atoms with Gasteiger partial charge in [0.15, 0.2) is 16.6 Å². The van der Waals surface area contributed by atoms with Crippen LogP contribution < -0.4 is 20.2 Å². The van der Waals surface area contributed by atoms with Gasteiger partial charge in [-0.15, -0.1) is 0 Å². The van der Waals surface area contributed by atoms with Gasteiger partial charge >= 0.3 is 0 Å². The monoisotopic (exact) mass is 411 g/mol. The second kappa shape index (κ2) is 10.8. The zero-order valence-electron chi connectivity index (χ0n) is 17.1. The lowest BCUT2D eigenvalue weighted by Gasteiger charge is -2.23. The van der Waals surface area contributed by atoms with Gasteiger partial charge in [0, 0.05) is 11.6 Å². The van der Waals surface area contributed by atoms with Crippen LogP contribution in [0.4, 0.5) is 0 Å². The van der Waals surface area contributed by atoms with Crippen molar-refractivity contribution in [3.63, 3.8) is 0 Å². The smallest absolute Gasteiger partial charge is 0.187 e. The molecular formula is C23H29N3O2S. The average molecular weight is 412 g/mol. The van der Waals surface area contributed by atoms with Crippen molar-refractivity contribution in [1.29, 1.82) is 0 Å². The summed E-state index contributed by atoms with van der Waals surface area (Å²) in [5, 5.41) is 8.20. The molecule has 1 aliphatic carbocycles. The summed E-state index contributed by atoms with van der Waals surface area (Å²) in [6, 6.07) is 14.4. The Balaban J connectivity index is 1.63. The van der Waals surface area contributed by atoms with Gasteiger partial charge in [-0.1, -0.05) is 55.2 Å². The first kappa shape index (κ1) is 21.1. The molecule has 0 aromatic heterocycles. The highest BCUT2D eigenvalue weighted by atomic mass is 32.1. The lowest BCUT2D eigenvalue weighted by atomic mass is 9.96. The number of hydrogen-bond acceptors (Lipinski definition) is 4. The molecule has 5 nitrogen and oxygen atoms in total. The molecule has 1 fully saturated rings. The van der Waals surface area contributed by atoms with Crippen LogP contribution in [0.3, 0.4) is 0 Å². The van der Waals surface area contributed by atoms with Crippen LogP contribution in [0, 0.1) is 6.92 Å². The van der Waals surface area contributed by atoms with E-state index in [2.05, 4.69) is 34.9 Å². The molecule has 2 aromatic carbocycles. The van der Waals surface area contributed by atoms with Gasteiger partial charge in [0.25, 0.3) is 0 Å². The van der Waals surface area contributed by atoms with Gasteiger partial charge < -0.3 is 14.8 Å². The van der Waals surface area contributed by atoms with Crippen molar-refractivity contribution in [2.75, 3.05) is 7.11 Å². The van der Waals surface area contributed by atoms with E-state index in [9.17, 15) is 0 Å². The number of aryl methyl sites for hydroxylation is 1. The number of thiocarbonyl (C=S) groups is 1. The number of ether oxygens (including phenoxy) is 2. The Labute approximate surface area is 178 Å². The Kier molecular flexibility index (Phi) is 7.87. The normalized spacial score (nSPS) is 14.6. The minimum absolute atomic E-state index is 0.448. The van der Waals surface area contributed by atoms with Crippen molar-refractivity contribution in [3.8, 4) is 11.5 Å². The number of nitrogens with zero attached hydrogens (tertiary/aromatic N) is 1. The highest BCUT2D eigenvalue weighted by Crippen LogP contribution is 2.31. The molecule has 1 aliphatic rings. The molecule has 0 aliphatic heterocycles. The standard InChI is InChI=1S/C23H29N3O2S/c1-17-8-6-9-18(14-17)16-28-22-19(10-7-13-21(22)27-2)15-24-26-23(29)25-20-11-4-3-5-12-20/h6-10,13-15,20H,3-5,11-12,16H2,1-2H3,(H2,25,26,29)/b24-15+. The molecule has 0 spiro atoms. The summed E-state index contributed by atoms with van der Waals surface area (Å²) in [7, 11) is 1.64. The summed E-state index contributed by atoms with van der Waals surface area (Å²) in [4.78, 5) is 0. The molecule has 1 saturated carbocycles. The maximum Gasteiger partial charge on any atom is 0.187 e. The van der Waals surface area contributed by atoms with Crippen LogP contribution in [-0.4, -0.2) is 24.5 Å². The SMILES string of the molecule is COc1cccc(/C=N/NC(=S)NC2CCCCC2)c1OCc1cccc(C)c1. The van der Waals surface area contributed by atoms with Crippen molar-refractivity contribution in [1.82, 2.24) is 10.7 Å². The van der Waals surface area contributed by atoms with Gasteiger partial charge in [0.2, 0.25) is 0 Å². The molecule has 0 amide bonds. The van der Waals surface area contributed by atoms with Gasteiger partial charge in [-0.2, -0.15) is 5.10 Å². The summed E-state index contributed by atoms with van der Waals surface area (Å²) in [5.74, 6) is 1.33. The third-order valence-corrected chi connectivity index (χ3v) is 5.21. The second-order valence-corrected chi connectivity index (χ2v) is 7.74. The molecule has 0 bridgehead atoms. The van der Waals surface area contributed by atoms with E-state index in [1.807, 2.05) is 30.3 Å². The number of rotatable bonds is 7. The molecule has 0 unspecified atom stereocenters. The number of benzene rings is 2. The molecule has 6 heteroatoms. The van der Waals surface area contributed by atoms with Crippen LogP contribution in [0.25, 0.3) is 0 Å². The molecule has 2 N–H and O–H groups in total. The lowest BCUT2D eigenvalue weighted by Crippen LogP contribution is -2.40. The predicted octanol–water partition coefficient (Wildman–Crippen LogP) is 4.71. The van der Waals surface area contributed by atoms with E-state index in [-0.39, 0.29) is 0 Å². The van der Waals surface area contributed by atoms with Crippen LogP contribution in [0.5, 0.6) is 11.5 Å². The molecule has 0 saturated heterocycles. The van der Waals surface area contributed by atoms with E-state index >= 15 is 0 Å². The highest BCUT2D eigenvalue weighted by Gasteiger charge is 2.14. The molecule has 3 rings (SSSR count). The van der Waals surface area contributed by atoms with Gasteiger partial charge in [-0.3, -0.25) is 5.43 Å². The molecule has 154 valence electrons. The first-order valence-electron chi connectivity index (χ1n) is 10.1. The maximum absolute atomic E-state index is 6.09. The van der Waals surface area contributed by atoms with Gasteiger partial charge in [0.1, 0.15) is 6.61 Å². The summed E-state index contributed by atoms with van der Waals surface area (Å²) < 4.78 is 11.6. The summed E-state index contributed by atoms with van der Waals surface area (Å²) in [6.07, 6.45) is 7.88. The van der Waals surface area contributed by atoms with E-state index in [4.69, 9.17) is 21.7 Å². The Morgan fingerprint density at radius 2 is 1.97 bits per heavy atom. The Morgan fingerprint density at radius 1 is 1.17 bits per heavy atom. The van der Waals surface area contributed by atoms with Crippen molar-refractivity contribution < 1.29 is 9.47 Å². The van der Waals surface area contributed by atoms with E-state index in [1.54, 1.807) is 13.3 Å². The minimum atomic E-state index is 0.448. The Bertz CT molecular complexity index is 848. The van der Waals surface area contributed by atoms with Gasteiger partial charge in [-0.05, 0) is 49.7 Å². The van der Waals surface area contributed by atoms with Crippen molar-refractivity contribution in [2.24, 2.45) is 5.10 Å². The van der Waals surface area contributed by atoms with Crippen molar-refractivity contribution >= 4 is 23.5 Å². The largest absolute Gasteiger partial charge is 0.493 e. The van der Waals surface area contributed by atoms with Gasteiger partial charge in [-0.25, -0.2) is 0 Å². The predicted molar refractivity (Wildman–Crippen MR) is 122 cm³/mol. The summed E-state index contributed by atoms with van der Waals surface area (Å²) in [5.41, 5.74) is 6.05. The first-order chi connectivity index (χ1) is 14.2. The molecule has 2 aromatic rings. The Morgan fingerprint density at radius 3 is 2.72 bits per heavy atom. The zero-order valence-corrected chi connectivity index (χ0v) is 17.9. The summed E-state index contributed by atoms with van der Waals surface area (Å²) >= 11 is 5.37. The van der Waals surface area contributed by atoms with Crippen molar-refractivity contribution in [2.45, 2.75) is 51.7 Å². The number of hydrazone groups is 1. The van der Waals surface area contributed by atoms with E-state index in [1.165, 1.54) is 37.7 Å². The fourth-order valence-electron chi connectivity index (χ4n) is 3.53. The van der Waals surface area contributed by atoms with Crippen LogP contribution in [0.1, 0.15) is 48.8 Å². The van der Waals surface area contributed by atoms with Gasteiger partial charge in [0.05, 0.1) is 13.3 Å². The molecular weight excluding hydrogens is 382 g/mol. The average Bonchev–Trinajstić information content (AvgIpc) is 2.73. The summed E-state index contributed by atoms with van der Waals surface area (Å²) in [6.45, 7) is 2.53. The number of hydrogen-bond donors (Lipinski definition) is 2. The van der Waals surface area contributed by atoms with Crippen LogP contribution in [0.15, 0.2) is 47.6 Å². The first-order valence-corrected chi connectivity index (χ1v) is 10.5. The second-order valence-electron chi connectivity index (χ2n) is 7.33. The molecule has 0 heterocycles. The number of methoxy groups -OCH3 is 1. The van der Waals surface area contributed by atoms with Crippen LogP contribution in [-0.2, 0) is 6.61 Å². The minimum Gasteiger partial charge on any atom is -0.493 e. The highest BCUT2D eigenvalue weighted by molar-refractivity contribution is 7.80. The third-order valence-electron chi connectivity index (χ3n) is 5.01. The third kappa shape index (κ3) is 6.46. The van der Waals surface area contributed by atoms with E-state index in [0.29, 0.717) is 29.3 Å². The maximum atomic E-state index is 6.09.